The van der Waals surface area contributed by atoms with Crippen molar-refractivity contribution in [3.63, 3.8) is 0 Å². The predicted molar refractivity (Wildman–Crippen MR) is 105 cm³/mol. The van der Waals surface area contributed by atoms with Gasteiger partial charge in [0, 0.05) is 17.1 Å². The lowest BCUT2D eigenvalue weighted by Gasteiger charge is -2.09. The number of rotatable bonds is 7. The van der Waals surface area contributed by atoms with Crippen molar-refractivity contribution in [2.24, 2.45) is 0 Å². The lowest BCUT2D eigenvalue weighted by atomic mass is 10.2. The van der Waals surface area contributed by atoms with Crippen molar-refractivity contribution in [2.45, 2.75) is 12.8 Å². The predicted octanol–water partition coefficient (Wildman–Crippen LogP) is 4.55. The lowest BCUT2D eigenvalue weighted by Crippen LogP contribution is -2.22. The second-order valence-corrected chi connectivity index (χ2v) is 6.59. The Labute approximate surface area is 170 Å². The molecule has 2 amide bonds. The van der Waals surface area contributed by atoms with Crippen LogP contribution in [0.15, 0.2) is 42.5 Å². The normalized spacial score (nSPS) is 10.2. The quantitative estimate of drug-likeness (QED) is 0.633. The van der Waals surface area contributed by atoms with Gasteiger partial charge in [-0.1, -0.05) is 46.9 Å². The Morgan fingerprint density at radius 2 is 1.63 bits per heavy atom. The third-order valence-corrected chi connectivity index (χ3v) is 4.31. The average Bonchev–Trinajstić information content (AvgIpc) is 2.62. The minimum Gasteiger partial charge on any atom is -0.456 e. The van der Waals surface area contributed by atoms with E-state index in [0.717, 1.165) is 0 Å². The molecule has 0 bridgehead atoms. The van der Waals surface area contributed by atoms with Crippen LogP contribution in [-0.2, 0) is 19.1 Å². The van der Waals surface area contributed by atoms with Crippen LogP contribution in [0.1, 0.15) is 12.8 Å². The second-order valence-electron chi connectivity index (χ2n) is 5.37. The lowest BCUT2D eigenvalue weighted by molar-refractivity contribution is -0.147. The number of ether oxygens (including phenoxy) is 1. The van der Waals surface area contributed by atoms with E-state index in [0.29, 0.717) is 16.4 Å². The zero-order chi connectivity index (χ0) is 19.8. The van der Waals surface area contributed by atoms with Gasteiger partial charge in [0.25, 0.3) is 5.91 Å². The van der Waals surface area contributed by atoms with Crippen molar-refractivity contribution in [3.8, 4) is 0 Å². The number of hydrogen-bond donors (Lipinski definition) is 2. The Morgan fingerprint density at radius 3 is 2.37 bits per heavy atom. The molecule has 0 aliphatic carbocycles. The molecule has 0 heterocycles. The maximum atomic E-state index is 11.8. The molecule has 0 saturated heterocycles. The smallest absolute Gasteiger partial charge is 0.306 e. The van der Waals surface area contributed by atoms with Crippen LogP contribution in [-0.4, -0.2) is 24.4 Å². The third kappa shape index (κ3) is 7.09. The molecule has 2 N–H and O–H groups in total. The Balaban J connectivity index is 1.71. The van der Waals surface area contributed by atoms with Gasteiger partial charge in [0.1, 0.15) is 0 Å². The molecule has 0 saturated carbocycles. The van der Waals surface area contributed by atoms with Gasteiger partial charge in [-0.2, -0.15) is 0 Å². The fraction of sp³-hybridized carbons (Fsp3) is 0.167. The largest absolute Gasteiger partial charge is 0.456 e. The molecule has 6 nitrogen and oxygen atoms in total. The van der Waals surface area contributed by atoms with E-state index >= 15 is 0 Å². The van der Waals surface area contributed by atoms with Crippen molar-refractivity contribution < 1.29 is 19.1 Å². The van der Waals surface area contributed by atoms with Crippen LogP contribution in [0, 0.1) is 0 Å². The van der Waals surface area contributed by atoms with Crippen molar-refractivity contribution in [1.82, 2.24) is 0 Å². The first kappa shape index (κ1) is 21.0. The summed E-state index contributed by atoms with van der Waals surface area (Å²) in [7, 11) is 0. The summed E-state index contributed by atoms with van der Waals surface area (Å²) in [5.74, 6) is -1.62. The highest BCUT2D eigenvalue weighted by Crippen LogP contribution is 2.29. The number of carbonyl (C=O) groups excluding carboxylic acids is 3. The maximum absolute atomic E-state index is 11.8. The fourth-order valence-corrected chi connectivity index (χ4v) is 2.55. The molecule has 0 atom stereocenters. The standard InChI is InChI=1S/C18H15Cl3N2O4/c19-11-3-1-4-12(9-11)22-15(24)7-8-17(26)27-10-16(25)23-14-6-2-5-13(20)18(14)21/h1-6,9H,7-8,10H2,(H,22,24)(H,23,25). The van der Waals surface area contributed by atoms with E-state index in [1.54, 1.807) is 42.5 Å². The minimum atomic E-state index is -0.677. The van der Waals surface area contributed by atoms with Crippen LogP contribution in [0.4, 0.5) is 11.4 Å². The molecular formula is C18H15Cl3N2O4. The average molecular weight is 430 g/mol. The molecule has 9 heteroatoms. The highest BCUT2D eigenvalue weighted by atomic mass is 35.5. The first-order valence-electron chi connectivity index (χ1n) is 7.80. The third-order valence-electron chi connectivity index (χ3n) is 3.25. The summed E-state index contributed by atoms with van der Waals surface area (Å²) < 4.78 is 4.84. The molecule has 0 spiro atoms. The molecule has 0 radical (unpaired) electrons. The van der Waals surface area contributed by atoms with Gasteiger partial charge in [0.05, 0.1) is 22.2 Å². The molecule has 0 aliphatic heterocycles. The molecule has 0 aromatic heterocycles. The van der Waals surface area contributed by atoms with E-state index in [1.165, 1.54) is 0 Å². The molecule has 2 aromatic carbocycles. The van der Waals surface area contributed by atoms with Gasteiger partial charge in [0.2, 0.25) is 5.91 Å². The van der Waals surface area contributed by atoms with E-state index in [-0.39, 0.29) is 28.8 Å². The number of amides is 2. The number of carbonyl (C=O) groups is 3. The summed E-state index contributed by atoms with van der Waals surface area (Å²) in [6, 6.07) is 11.4. The van der Waals surface area contributed by atoms with Gasteiger partial charge in [-0.25, -0.2) is 0 Å². The van der Waals surface area contributed by atoms with E-state index in [1.807, 2.05) is 0 Å². The summed E-state index contributed by atoms with van der Waals surface area (Å²) in [5.41, 5.74) is 0.838. The fourth-order valence-electron chi connectivity index (χ4n) is 2.01. The Kier molecular flexibility index (Phi) is 7.91. The number of esters is 1. The van der Waals surface area contributed by atoms with Crippen LogP contribution in [0.3, 0.4) is 0 Å². The molecule has 0 aliphatic rings. The number of anilines is 2. The maximum Gasteiger partial charge on any atom is 0.306 e. The van der Waals surface area contributed by atoms with Crippen LogP contribution in [0.2, 0.25) is 15.1 Å². The second kappa shape index (κ2) is 10.2. The molecule has 0 fully saturated rings. The first-order valence-corrected chi connectivity index (χ1v) is 8.93. The molecule has 142 valence electrons. The highest BCUT2D eigenvalue weighted by molar-refractivity contribution is 6.44. The number of nitrogens with one attached hydrogen (secondary N) is 2. The van der Waals surface area contributed by atoms with E-state index < -0.39 is 18.5 Å². The van der Waals surface area contributed by atoms with Crippen molar-refractivity contribution in [2.75, 3.05) is 17.2 Å². The van der Waals surface area contributed by atoms with Gasteiger partial charge in [-0.15, -0.1) is 0 Å². The van der Waals surface area contributed by atoms with Gasteiger partial charge in [0.15, 0.2) is 6.61 Å². The van der Waals surface area contributed by atoms with Gasteiger partial charge in [-0.3, -0.25) is 14.4 Å². The Morgan fingerprint density at radius 1 is 0.889 bits per heavy atom. The molecule has 0 unspecified atom stereocenters. The molecule has 2 aromatic rings. The van der Waals surface area contributed by atoms with Crippen molar-refractivity contribution in [3.05, 3.63) is 57.5 Å². The number of benzene rings is 2. The van der Waals surface area contributed by atoms with E-state index in [9.17, 15) is 14.4 Å². The van der Waals surface area contributed by atoms with Gasteiger partial charge >= 0.3 is 5.97 Å². The summed E-state index contributed by atoms with van der Waals surface area (Å²) in [6.45, 7) is -0.502. The monoisotopic (exact) mass is 428 g/mol. The zero-order valence-electron chi connectivity index (χ0n) is 13.9. The van der Waals surface area contributed by atoms with E-state index in [4.69, 9.17) is 39.5 Å². The minimum absolute atomic E-state index is 0.0902. The van der Waals surface area contributed by atoms with E-state index in [2.05, 4.69) is 10.6 Å². The molecule has 2 rings (SSSR count). The summed E-state index contributed by atoms with van der Waals surface area (Å²) >= 11 is 17.6. The SMILES string of the molecule is O=C(CCC(=O)OCC(=O)Nc1cccc(Cl)c1Cl)Nc1cccc(Cl)c1. The molecular weight excluding hydrogens is 415 g/mol. The Hall–Kier alpha value is -2.28. The van der Waals surface area contributed by atoms with Crippen LogP contribution < -0.4 is 10.6 Å². The van der Waals surface area contributed by atoms with Crippen LogP contribution >= 0.6 is 34.8 Å². The van der Waals surface area contributed by atoms with Crippen molar-refractivity contribution in [1.29, 1.82) is 0 Å². The first-order chi connectivity index (χ1) is 12.8. The number of halogens is 3. The Bertz CT molecular complexity index is 858. The van der Waals surface area contributed by atoms with Crippen molar-refractivity contribution >= 4 is 64.0 Å². The summed E-state index contributed by atoms with van der Waals surface area (Å²) in [5, 5.41) is 6.06. The highest BCUT2D eigenvalue weighted by Gasteiger charge is 2.12. The van der Waals surface area contributed by atoms with Gasteiger partial charge < -0.3 is 15.4 Å². The van der Waals surface area contributed by atoms with Crippen LogP contribution in [0.5, 0.6) is 0 Å². The van der Waals surface area contributed by atoms with Crippen LogP contribution in [0.25, 0.3) is 0 Å². The topological polar surface area (TPSA) is 84.5 Å². The zero-order valence-corrected chi connectivity index (χ0v) is 16.2. The molecule has 27 heavy (non-hydrogen) atoms. The summed E-state index contributed by atoms with van der Waals surface area (Å²) in [4.78, 5) is 35.3. The summed E-state index contributed by atoms with van der Waals surface area (Å²) in [6.07, 6.45) is -0.259. The van der Waals surface area contributed by atoms with Gasteiger partial charge in [-0.05, 0) is 30.3 Å². The number of hydrogen-bond acceptors (Lipinski definition) is 4.